The van der Waals surface area contributed by atoms with Gasteiger partial charge in [-0.15, -0.1) is 0 Å². The molecule has 0 spiro atoms. The van der Waals surface area contributed by atoms with Gasteiger partial charge in [-0.1, -0.05) is 25.0 Å². The van der Waals surface area contributed by atoms with Crippen molar-refractivity contribution in [3.05, 3.63) is 71.3 Å². The van der Waals surface area contributed by atoms with Crippen molar-refractivity contribution < 1.29 is 32.1 Å². The van der Waals surface area contributed by atoms with E-state index in [1.807, 2.05) is 30.3 Å². The van der Waals surface area contributed by atoms with Crippen molar-refractivity contribution in [1.29, 1.82) is 0 Å². The third-order valence-corrected chi connectivity index (χ3v) is 8.78. The van der Waals surface area contributed by atoms with Gasteiger partial charge in [0.25, 0.3) is 10.0 Å². The van der Waals surface area contributed by atoms with E-state index in [4.69, 9.17) is 23.7 Å². The molecule has 0 amide bonds. The zero-order valence-corrected chi connectivity index (χ0v) is 22.8. The van der Waals surface area contributed by atoms with E-state index in [1.165, 1.54) is 26.4 Å². The minimum Gasteiger partial charge on any atom is -0.496 e. The maximum atomic E-state index is 13.3. The van der Waals surface area contributed by atoms with Gasteiger partial charge in [-0.3, -0.25) is 4.72 Å². The average molecular weight is 540 g/mol. The number of hydrogen-bond acceptors (Lipinski definition) is 7. The SMILES string of the molecule is COc1ccc(S(=O)(=O)Nc2cccc([C@@H]3O[C@H]4CCCC[C@H]4c4c(OC)ccc(OC)c43)c2)cc1OC. The van der Waals surface area contributed by atoms with E-state index in [2.05, 4.69) is 4.72 Å². The minimum atomic E-state index is -3.89. The summed E-state index contributed by atoms with van der Waals surface area (Å²) in [5.41, 5.74) is 3.32. The first-order chi connectivity index (χ1) is 18.4. The Morgan fingerprint density at radius 1 is 0.763 bits per heavy atom. The molecule has 3 aromatic carbocycles. The van der Waals surface area contributed by atoms with Crippen molar-refractivity contribution in [3.8, 4) is 23.0 Å². The number of methoxy groups -OCH3 is 4. The van der Waals surface area contributed by atoms with Gasteiger partial charge in [0, 0.05) is 28.8 Å². The third kappa shape index (κ3) is 4.76. The van der Waals surface area contributed by atoms with Crippen LogP contribution in [0.1, 0.15) is 54.4 Å². The highest BCUT2D eigenvalue weighted by Gasteiger charge is 2.41. The van der Waals surface area contributed by atoms with E-state index in [9.17, 15) is 8.42 Å². The molecule has 3 aromatic rings. The maximum absolute atomic E-state index is 13.3. The Kier molecular flexibility index (Phi) is 7.40. The fourth-order valence-corrected chi connectivity index (χ4v) is 6.71. The van der Waals surface area contributed by atoms with Crippen LogP contribution in [-0.4, -0.2) is 43.0 Å². The van der Waals surface area contributed by atoms with Crippen LogP contribution >= 0.6 is 0 Å². The Morgan fingerprint density at radius 3 is 2.13 bits per heavy atom. The molecule has 1 saturated carbocycles. The zero-order chi connectivity index (χ0) is 26.9. The molecule has 38 heavy (non-hydrogen) atoms. The summed E-state index contributed by atoms with van der Waals surface area (Å²) < 4.78 is 58.0. The first-order valence-electron chi connectivity index (χ1n) is 12.6. The smallest absolute Gasteiger partial charge is 0.262 e. The lowest BCUT2D eigenvalue weighted by Crippen LogP contribution is -2.34. The topological polar surface area (TPSA) is 92.3 Å². The van der Waals surface area contributed by atoms with Gasteiger partial charge in [-0.05, 0) is 54.8 Å². The summed E-state index contributed by atoms with van der Waals surface area (Å²) in [6.45, 7) is 0. The predicted molar refractivity (Wildman–Crippen MR) is 144 cm³/mol. The molecule has 0 unspecified atom stereocenters. The maximum Gasteiger partial charge on any atom is 0.262 e. The van der Waals surface area contributed by atoms with E-state index < -0.39 is 16.1 Å². The van der Waals surface area contributed by atoms with Crippen LogP contribution in [0.2, 0.25) is 0 Å². The molecule has 5 rings (SSSR count). The standard InChI is InChI=1S/C29H33NO7S/c1-33-23-13-12-20(17-26(23)36-4)38(31,32)30-19-9-7-8-18(16-19)29-28-25(35-3)15-14-24(34-2)27(28)21-10-5-6-11-22(21)37-29/h7-9,12-17,21-22,29-30H,5-6,10-11H2,1-4H3/t21-,22+,29+/m1/s1. The van der Waals surface area contributed by atoms with Crippen molar-refractivity contribution in [2.75, 3.05) is 33.2 Å². The number of ether oxygens (including phenoxy) is 5. The molecule has 8 nitrogen and oxygen atoms in total. The Labute approximate surface area is 223 Å². The molecule has 1 N–H and O–H groups in total. The van der Waals surface area contributed by atoms with E-state index in [0.29, 0.717) is 17.2 Å². The van der Waals surface area contributed by atoms with E-state index in [1.54, 1.807) is 26.4 Å². The second kappa shape index (κ2) is 10.7. The first kappa shape index (κ1) is 26.2. The molecule has 1 aliphatic carbocycles. The Hall–Kier alpha value is -3.43. The average Bonchev–Trinajstić information content (AvgIpc) is 2.95. The summed E-state index contributed by atoms with van der Waals surface area (Å²) in [5, 5.41) is 0. The quantitative estimate of drug-likeness (QED) is 0.394. The molecule has 0 saturated heterocycles. The van der Waals surface area contributed by atoms with E-state index in [0.717, 1.165) is 53.9 Å². The Balaban J connectivity index is 1.53. The lowest BCUT2D eigenvalue weighted by atomic mass is 9.75. The van der Waals surface area contributed by atoms with Gasteiger partial charge < -0.3 is 23.7 Å². The normalized spacial score (nSPS) is 20.6. The molecular formula is C29H33NO7S. The minimum absolute atomic E-state index is 0.0503. The molecule has 202 valence electrons. The van der Waals surface area contributed by atoms with Crippen LogP contribution in [0, 0.1) is 0 Å². The highest BCUT2D eigenvalue weighted by molar-refractivity contribution is 7.92. The van der Waals surface area contributed by atoms with E-state index in [-0.39, 0.29) is 16.9 Å². The highest BCUT2D eigenvalue weighted by Crippen LogP contribution is 2.53. The van der Waals surface area contributed by atoms with Crippen LogP contribution in [0.25, 0.3) is 0 Å². The number of benzene rings is 3. The highest BCUT2D eigenvalue weighted by atomic mass is 32.2. The van der Waals surface area contributed by atoms with Crippen molar-refractivity contribution in [2.45, 2.75) is 48.7 Å². The van der Waals surface area contributed by atoms with Gasteiger partial charge in [-0.2, -0.15) is 0 Å². The van der Waals surface area contributed by atoms with Gasteiger partial charge in [0.2, 0.25) is 0 Å². The lowest BCUT2D eigenvalue weighted by molar-refractivity contribution is -0.0406. The van der Waals surface area contributed by atoms with Crippen LogP contribution in [0.15, 0.2) is 59.5 Å². The monoisotopic (exact) mass is 539 g/mol. The van der Waals surface area contributed by atoms with Crippen LogP contribution in [0.4, 0.5) is 5.69 Å². The number of anilines is 1. The summed E-state index contributed by atoms with van der Waals surface area (Å²) in [6, 6.07) is 15.7. The number of rotatable bonds is 8. The number of hydrogen-bond donors (Lipinski definition) is 1. The predicted octanol–water partition coefficient (Wildman–Crippen LogP) is 5.67. The van der Waals surface area contributed by atoms with Gasteiger partial charge in [0.05, 0.1) is 39.4 Å². The van der Waals surface area contributed by atoms with Crippen LogP contribution in [0.5, 0.6) is 23.0 Å². The Morgan fingerprint density at radius 2 is 1.42 bits per heavy atom. The molecular weight excluding hydrogens is 506 g/mol. The summed E-state index contributed by atoms with van der Waals surface area (Å²) in [7, 11) is 2.42. The summed E-state index contributed by atoms with van der Waals surface area (Å²) in [5.74, 6) is 2.57. The van der Waals surface area contributed by atoms with Gasteiger partial charge in [-0.25, -0.2) is 8.42 Å². The molecule has 0 aromatic heterocycles. The first-order valence-corrected chi connectivity index (χ1v) is 14.1. The molecule has 1 aliphatic heterocycles. The zero-order valence-electron chi connectivity index (χ0n) is 22.0. The van der Waals surface area contributed by atoms with Crippen LogP contribution in [0.3, 0.4) is 0 Å². The summed E-state index contributed by atoms with van der Waals surface area (Å²) >= 11 is 0. The summed E-state index contributed by atoms with van der Waals surface area (Å²) in [4.78, 5) is 0.0660. The van der Waals surface area contributed by atoms with E-state index >= 15 is 0 Å². The van der Waals surface area contributed by atoms with Gasteiger partial charge >= 0.3 is 0 Å². The second-order valence-electron chi connectivity index (χ2n) is 9.49. The molecule has 1 fully saturated rings. The van der Waals surface area contributed by atoms with Crippen molar-refractivity contribution in [2.24, 2.45) is 0 Å². The van der Waals surface area contributed by atoms with Crippen molar-refractivity contribution >= 4 is 15.7 Å². The number of sulfonamides is 1. The fraction of sp³-hybridized carbons (Fsp3) is 0.379. The molecule has 9 heteroatoms. The molecule has 0 bridgehead atoms. The third-order valence-electron chi connectivity index (χ3n) is 7.40. The number of nitrogens with one attached hydrogen (secondary N) is 1. The van der Waals surface area contributed by atoms with Crippen molar-refractivity contribution in [3.63, 3.8) is 0 Å². The molecule has 3 atom stereocenters. The summed E-state index contributed by atoms with van der Waals surface area (Å²) in [6.07, 6.45) is 3.86. The Bertz CT molecular complexity index is 1420. The molecule has 1 heterocycles. The largest absolute Gasteiger partial charge is 0.496 e. The van der Waals surface area contributed by atoms with Gasteiger partial charge in [0.1, 0.15) is 17.6 Å². The van der Waals surface area contributed by atoms with Crippen LogP contribution in [-0.2, 0) is 14.8 Å². The molecule has 0 radical (unpaired) electrons. The second-order valence-corrected chi connectivity index (χ2v) is 11.2. The van der Waals surface area contributed by atoms with Crippen LogP contribution < -0.4 is 23.7 Å². The van der Waals surface area contributed by atoms with Gasteiger partial charge in [0.15, 0.2) is 11.5 Å². The number of fused-ring (bicyclic) bond motifs is 3. The fourth-order valence-electron chi connectivity index (χ4n) is 5.65. The molecule has 2 aliphatic rings. The van der Waals surface area contributed by atoms with Crippen molar-refractivity contribution in [1.82, 2.24) is 0 Å². The lowest BCUT2D eigenvalue weighted by Gasteiger charge is -2.42.